The molecule has 158 valence electrons. The Balaban J connectivity index is 1.71. The van der Waals surface area contributed by atoms with Crippen LogP contribution in [-0.4, -0.2) is 31.3 Å². The molecule has 0 spiro atoms. The van der Waals surface area contributed by atoms with Gasteiger partial charge in [-0.3, -0.25) is 4.79 Å². The van der Waals surface area contributed by atoms with Gasteiger partial charge in [0.25, 0.3) is 0 Å². The molecule has 7 nitrogen and oxygen atoms in total. The van der Waals surface area contributed by atoms with Crippen LogP contribution < -0.4 is 5.14 Å². The molecule has 0 radical (unpaired) electrons. The number of nitrogens with two attached hydrogens (primary N) is 1. The number of rotatable bonds is 7. The van der Waals surface area contributed by atoms with E-state index < -0.39 is 16.0 Å². The first kappa shape index (κ1) is 21.9. The first-order valence-corrected chi connectivity index (χ1v) is 11.5. The first-order chi connectivity index (χ1) is 14.1. The number of hydrogen-bond donors (Lipinski definition) is 1. The zero-order chi connectivity index (χ0) is 22.1. The highest BCUT2D eigenvalue weighted by atomic mass is 32.2. The lowest BCUT2D eigenvalue weighted by Crippen LogP contribution is -2.14. The van der Waals surface area contributed by atoms with E-state index in [-0.39, 0.29) is 17.3 Å². The van der Waals surface area contributed by atoms with E-state index in [4.69, 9.17) is 9.88 Å². The Morgan fingerprint density at radius 2 is 1.73 bits per heavy atom. The molecule has 0 unspecified atom stereocenters. The largest absolute Gasteiger partial charge is 0.454 e. The molecule has 30 heavy (non-hydrogen) atoms. The second kappa shape index (κ2) is 8.55. The average molecular weight is 447 g/mol. The van der Waals surface area contributed by atoms with Gasteiger partial charge in [-0.15, -0.1) is 11.3 Å². The van der Waals surface area contributed by atoms with Gasteiger partial charge >= 0.3 is 5.97 Å². The molecule has 9 heteroatoms. The third-order valence-electron chi connectivity index (χ3n) is 4.74. The van der Waals surface area contributed by atoms with E-state index in [1.54, 1.807) is 31.2 Å². The minimum Gasteiger partial charge on any atom is -0.454 e. The summed E-state index contributed by atoms with van der Waals surface area (Å²) in [5.74, 6) is -0.786. The summed E-state index contributed by atoms with van der Waals surface area (Å²) in [5.41, 5.74) is 2.79. The molecule has 0 aliphatic rings. The minimum absolute atomic E-state index is 0.0436. The predicted octanol–water partition coefficient (Wildman–Crippen LogP) is 3.21. The summed E-state index contributed by atoms with van der Waals surface area (Å²) in [6.07, 6.45) is 0. The molecule has 0 bridgehead atoms. The van der Waals surface area contributed by atoms with Crippen molar-refractivity contribution < 1.29 is 22.7 Å². The van der Waals surface area contributed by atoms with Gasteiger partial charge in [0.1, 0.15) is 0 Å². The molecule has 2 aromatic heterocycles. The number of sulfonamides is 1. The highest BCUT2D eigenvalue weighted by Crippen LogP contribution is 2.20. The summed E-state index contributed by atoms with van der Waals surface area (Å²) < 4.78 is 29.9. The van der Waals surface area contributed by atoms with E-state index in [9.17, 15) is 18.0 Å². The first-order valence-electron chi connectivity index (χ1n) is 9.11. The van der Waals surface area contributed by atoms with Crippen LogP contribution in [-0.2, 0) is 21.3 Å². The van der Waals surface area contributed by atoms with Crippen LogP contribution in [0.2, 0.25) is 0 Å². The number of nitrogens with zero attached hydrogens (tertiary/aromatic N) is 1. The maximum atomic E-state index is 12.5. The Labute approximate surface area is 179 Å². The third-order valence-corrected chi connectivity index (χ3v) is 6.71. The highest BCUT2D eigenvalue weighted by Gasteiger charge is 2.19. The number of benzene rings is 1. The molecule has 1 aromatic carbocycles. The van der Waals surface area contributed by atoms with Crippen molar-refractivity contribution in [3.05, 3.63) is 74.7 Å². The van der Waals surface area contributed by atoms with E-state index in [1.165, 1.54) is 23.5 Å². The topological polar surface area (TPSA) is 108 Å². The lowest BCUT2D eigenvalue weighted by atomic mass is 10.2. The van der Waals surface area contributed by atoms with E-state index in [1.807, 2.05) is 24.5 Å². The van der Waals surface area contributed by atoms with Crippen LogP contribution in [0.25, 0.3) is 0 Å². The van der Waals surface area contributed by atoms with Gasteiger partial charge in [0.2, 0.25) is 15.8 Å². The molecule has 0 fully saturated rings. The van der Waals surface area contributed by atoms with Crippen molar-refractivity contribution in [2.24, 2.45) is 5.14 Å². The van der Waals surface area contributed by atoms with Crippen LogP contribution in [0.4, 0.5) is 0 Å². The number of ether oxygens (including phenoxy) is 1. The van der Waals surface area contributed by atoms with Gasteiger partial charge in [-0.2, -0.15) is 0 Å². The molecule has 2 heterocycles. The molecular formula is C21H22N2O5S2. The van der Waals surface area contributed by atoms with E-state index in [0.29, 0.717) is 22.7 Å². The van der Waals surface area contributed by atoms with Gasteiger partial charge in [0.15, 0.2) is 6.61 Å². The van der Waals surface area contributed by atoms with Gasteiger partial charge < -0.3 is 9.30 Å². The lowest BCUT2D eigenvalue weighted by molar-refractivity contribution is 0.0475. The Hall–Kier alpha value is -2.75. The van der Waals surface area contributed by atoms with Crippen molar-refractivity contribution in [2.75, 3.05) is 6.61 Å². The van der Waals surface area contributed by atoms with Gasteiger partial charge in [-0.05, 0) is 56.7 Å². The standard InChI is InChI=1S/C21H22N2O5S2/c1-13-10-18(21(25)28-12-19(24)20-9-4-14(2)29-20)15(3)23(13)11-16-5-7-17(8-6-16)30(22,26)27/h4-10H,11-12H2,1-3H3,(H2,22,26,27). The van der Waals surface area contributed by atoms with Gasteiger partial charge in [-0.1, -0.05) is 12.1 Å². The molecule has 3 aromatic rings. The summed E-state index contributed by atoms with van der Waals surface area (Å²) in [6, 6.07) is 11.6. The van der Waals surface area contributed by atoms with Crippen LogP contribution in [0, 0.1) is 20.8 Å². The fraction of sp³-hybridized carbons (Fsp3) is 0.238. The second-order valence-corrected chi connectivity index (χ2v) is 9.82. The molecule has 0 saturated carbocycles. The van der Waals surface area contributed by atoms with Crippen molar-refractivity contribution in [1.29, 1.82) is 0 Å². The van der Waals surface area contributed by atoms with Crippen molar-refractivity contribution in [3.8, 4) is 0 Å². The number of aryl methyl sites for hydroxylation is 2. The fourth-order valence-electron chi connectivity index (χ4n) is 3.08. The molecule has 0 aliphatic carbocycles. The number of carbonyl (C=O) groups is 2. The SMILES string of the molecule is Cc1ccc(C(=O)COC(=O)c2cc(C)n(Cc3ccc(S(N)(=O)=O)cc3)c2C)s1. The molecule has 0 saturated heterocycles. The number of esters is 1. The number of aromatic nitrogens is 1. The van der Waals surface area contributed by atoms with Crippen LogP contribution in [0.3, 0.4) is 0 Å². The summed E-state index contributed by atoms with van der Waals surface area (Å²) in [4.78, 5) is 26.3. The van der Waals surface area contributed by atoms with E-state index >= 15 is 0 Å². The number of ketones is 1. The van der Waals surface area contributed by atoms with E-state index in [2.05, 4.69) is 0 Å². The van der Waals surface area contributed by atoms with Crippen molar-refractivity contribution in [2.45, 2.75) is 32.2 Å². The Bertz CT molecular complexity index is 1200. The normalized spacial score (nSPS) is 11.5. The fourth-order valence-corrected chi connectivity index (χ4v) is 4.39. The molecule has 3 rings (SSSR count). The number of thiophene rings is 1. The highest BCUT2D eigenvalue weighted by molar-refractivity contribution is 7.89. The van der Waals surface area contributed by atoms with E-state index in [0.717, 1.165) is 16.1 Å². The summed E-state index contributed by atoms with van der Waals surface area (Å²) >= 11 is 1.37. The number of hydrogen-bond acceptors (Lipinski definition) is 6. The maximum Gasteiger partial charge on any atom is 0.340 e. The summed E-state index contributed by atoms with van der Waals surface area (Å²) in [5, 5.41) is 5.12. The molecule has 2 N–H and O–H groups in total. The summed E-state index contributed by atoms with van der Waals surface area (Å²) in [7, 11) is -3.74. The summed E-state index contributed by atoms with van der Waals surface area (Å²) in [6.45, 7) is 5.71. The van der Waals surface area contributed by atoms with Crippen molar-refractivity contribution in [1.82, 2.24) is 4.57 Å². The lowest BCUT2D eigenvalue weighted by Gasteiger charge is -2.10. The molecule has 0 atom stereocenters. The molecular weight excluding hydrogens is 424 g/mol. The minimum atomic E-state index is -3.74. The van der Waals surface area contributed by atoms with Crippen LogP contribution >= 0.6 is 11.3 Å². The maximum absolute atomic E-state index is 12.5. The third kappa shape index (κ3) is 4.86. The van der Waals surface area contributed by atoms with Crippen molar-refractivity contribution in [3.63, 3.8) is 0 Å². The van der Waals surface area contributed by atoms with Crippen molar-refractivity contribution >= 4 is 33.1 Å². The predicted molar refractivity (Wildman–Crippen MR) is 114 cm³/mol. The smallest absolute Gasteiger partial charge is 0.340 e. The Morgan fingerprint density at radius 1 is 1.07 bits per heavy atom. The number of carbonyl (C=O) groups excluding carboxylic acids is 2. The quantitative estimate of drug-likeness (QED) is 0.443. The van der Waals surface area contributed by atoms with Gasteiger partial charge in [0, 0.05) is 22.8 Å². The molecule has 0 aliphatic heterocycles. The Kier molecular flexibility index (Phi) is 6.25. The zero-order valence-corrected chi connectivity index (χ0v) is 18.5. The van der Waals surface area contributed by atoms with Crippen LogP contribution in [0.1, 0.15) is 41.9 Å². The average Bonchev–Trinajstić information content (AvgIpc) is 3.24. The second-order valence-electron chi connectivity index (χ2n) is 6.97. The Morgan fingerprint density at radius 3 is 2.30 bits per heavy atom. The number of primary sulfonamides is 1. The molecule has 0 amide bonds. The van der Waals surface area contributed by atoms with Gasteiger partial charge in [-0.25, -0.2) is 18.4 Å². The van der Waals surface area contributed by atoms with Crippen LogP contribution in [0.5, 0.6) is 0 Å². The monoisotopic (exact) mass is 446 g/mol. The number of Topliss-reactive ketones (excluding diaryl/α,β-unsaturated/α-hetero) is 1. The zero-order valence-electron chi connectivity index (χ0n) is 16.8. The van der Waals surface area contributed by atoms with Crippen LogP contribution in [0.15, 0.2) is 47.4 Å². The van der Waals surface area contributed by atoms with Gasteiger partial charge in [0.05, 0.1) is 15.3 Å².